The molecule has 2 aromatic carbocycles. The van der Waals surface area contributed by atoms with Crippen LogP contribution in [0.15, 0.2) is 41.4 Å². The van der Waals surface area contributed by atoms with Gasteiger partial charge in [-0.05, 0) is 67.2 Å². The molecular weight excluding hydrogens is 438 g/mol. The smallest absolute Gasteiger partial charge is 0.195 e. The molecule has 0 radical (unpaired) electrons. The lowest BCUT2D eigenvalue weighted by atomic mass is 9.71. The van der Waals surface area contributed by atoms with Crippen LogP contribution in [0.1, 0.15) is 59.4 Å². The Morgan fingerprint density at radius 1 is 1.17 bits per heavy atom. The van der Waals surface area contributed by atoms with Gasteiger partial charge in [0.25, 0.3) is 0 Å². The molecule has 6 rings (SSSR count). The van der Waals surface area contributed by atoms with Crippen molar-refractivity contribution in [3.8, 4) is 5.75 Å². The summed E-state index contributed by atoms with van der Waals surface area (Å²) in [7, 11) is 1.76. The summed E-state index contributed by atoms with van der Waals surface area (Å²) in [6.45, 7) is 9.12. The first kappa shape index (κ1) is 22.5. The van der Waals surface area contributed by atoms with Gasteiger partial charge in [-0.15, -0.1) is 0 Å². The number of hydrogen-bond donors (Lipinski definition) is 1. The predicted octanol–water partition coefficient (Wildman–Crippen LogP) is 4.58. The minimum Gasteiger partial charge on any atom is -0.493 e. The minimum atomic E-state index is -0.341. The molecular formula is C29H33N3O3. The van der Waals surface area contributed by atoms with E-state index in [1.165, 1.54) is 0 Å². The molecule has 0 bridgehead atoms. The number of aliphatic imine (C=N–C) groups is 1. The molecule has 6 nitrogen and oxygen atoms in total. The highest BCUT2D eigenvalue weighted by Gasteiger charge is 2.40. The molecule has 182 valence electrons. The second kappa shape index (κ2) is 8.61. The van der Waals surface area contributed by atoms with Crippen LogP contribution in [0.2, 0.25) is 0 Å². The van der Waals surface area contributed by atoms with Crippen molar-refractivity contribution in [3.05, 3.63) is 64.3 Å². The normalized spacial score (nSPS) is 20.7. The van der Waals surface area contributed by atoms with Crippen molar-refractivity contribution in [1.29, 1.82) is 0 Å². The van der Waals surface area contributed by atoms with Crippen molar-refractivity contribution in [1.82, 2.24) is 9.88 Å². The molecule has 1 N–H and O–H groups in total. The van der Waals surface area contributed by atoms with Crippen LogP contribution in [0, 0.1) is 5.92 Å². The monoisotopic (exact) mass is 471 g/mol. The molecule has 0 spiro atoms. The zero-order valence-electron chi connectivity index (χ0n) is 20.8. The van der Waals surface area contributed by atoms with Gasteiger partial charge in [0.05, 0.1) is 31.4 Å². The Morgan fingerprint density at radius 3 is 2.69 bits per heavy atom. The van der Waals surface area contributed by atoms with Gasteiger partial charge in [0, 0.05) is 40.8 Å². The number of nitrogens with zero attached hydrogens (tertiary/aromatic N) is 2. The Balaban J connectivity index is 1.23. The van der Waals surface area contributed by atoms with Crippen LogP contribution in [-0.2, 0) is 10.2 Å². The highest BCUT2D eigenvalue weighted by molar-refractivity contribution is 6.20. The summed E-state index contributed by atoms with van der Waals surface area (Å²) in [6, 6.07) is 12.7. The number of benzene rings is 2. The average molecular weight is 472 g/mol. The van der Waals surface area contributed by atoms with Crippen LogP contribution in [0.5, 0.6) is 5.75 Å². The summed E-state index contributed by atoms with van der Waals surface area (Å²) in [5, 5.41) is 0.970. The second-order valence-electron chi connectivity index (χ2n) is 10.7. The van der Waals surface area contributed by atoms with Crippen molar-refractivity contribution in [2.75, 3.05) is 40.0 Å². The minimum absolute atomic E-state index is 0.0800. The van der Waals surface area contributed by atoms with E-state index in [-0.39, 0.29) is 11.2 Å². The van der Waals surface area contributed by atoms with E-state index < -0.39 is 0 Å². The molecule has 2 fully saturated rings. The summed E-state index contributed by atoms with van der Waals surface area (Å²) < 4.78 is 11.6. The molecule has 2 aliphatic heterocycles. The maximum atomic E-state index is 13.6. The zero-order chi connectivity index (χ0) is 24.2. The number of carbonyl (C=O) groups is 1. The molecule has 3 aliphatic rings. The van der Waals surface area contributed by atoms with Gasteiger partial charge in [-0.2, -0.15) is 0 Å². The van der Waals surface area contributed by atoms with E-state index in [0.717, 1.165) is 90.4 Å². The molecule has 2 saturated heterocycles. The molecule has 0 amide bonds. The van der Waals surface area contributed by atoms with E-state index in [1.807, 2.05) is 30.5 Å². The number of piperidine rings is 1. The number of carbonyl (C=O) groups excluding carboxylic acids is 1. The largest absolute Gasteiger partial charge is 0.493 e. The van der Waals surface area contributed by atoms with Crippen LogP contribution < -0.4 is 4.74 Å². The van der Waals surface area contributed by atoms with Gasteiger partial charge in [0.1, 0.15) is 5.75 Å². The summed E-state index contributed by atoms with van der Waals surface area (Å²) in [5.41, 5.74) is 5.20. The number of ether oxygens (including phenoxy) is 2. The standard InChI is InChI=1S/C29H33N3O3/c1-29(2)24-13-21(35-15-18-8-10-32(11-9-18)20-16-34-17-20)5-7-22(24)27(33)26-23-6-4-19(14-30-3)12-25(23)31-28(26)29/h4-7,12-14,18,20,31H,8-11,15-17H2,1-3H3/b30-14-. The zero-order valence-corrected chi connectivity index (χ0v) is 20.8. The highest BCUT2D eigenvalue weighted by Crippen LogP contribution is 2.44. The second-order valence-corrected chi connectivity index (χ2v) is 10.7. The van der Waals surface area contributed by atoms with Gasteiger partial charge >= 0.3 is 0 Å². The van der Waals surface area contributed by atoms with Crippen LogP contribution >= 0.6 is 0 Å². The predicted molar refractivity (Wildman–Crippen MR) is 138 cm³/mol. The Morgan fingerprint density at radius 2 is 1.97 bits per heavy atom. The lowest BCUT2D eigenvalue weighted by Gasteiger charge is -2.41. The van der Waals surface area contributed by atoms with Crippen LogP contribution in [0.4, 0.5) is 0 Å². The van der Waals surface area contributed by atoms with Crippen molar-refractivity contribution in [2.45, 2.75) is 38.1 Å². The lowest BCUT2D eigenvalue weighted by Crippen LogP contribution is -2.52. The fraction of sp³-hybridized carbons (Fsp3) is 0.448. The maximum Gasteiger partial charge on any atom is 0.195 e. The quantitative estimate of drug-likeness (QED) is 0.554. The first-order valence-electron chi connectivity index (χ1n) is 12.7. The van der Waals surface area contributed by atoms with E-state index in [1.54, 1.807) is 7.05 Å². The molecule has 0 saturated carbocycles. The van der Waals surface area contributed by atoms with Crippen molar-refractivity contribution in [3.63, 3.8) is 0 Å². The number of hydrogen-bond acceptors (Lipinski definition) is 5. The Labute approximate surface area is 206 Å². The van der Waals surface area contributed by atoms with Gasteiger partial charge in [0.2, 0.25) is 0 Å². The van der Waals surface area contributed by atoms with Gasteiger partial charge in [-0.25, -0.2) is 0 Å². The number of aromatic nitrogens is 1. The van der Waals surface area contributed by atoms with Gasteiger partial charge < -0.3 is 14.5 Å². The molecule has 3 aromatic rings. The van der Waals surface area contributed by atoms with Crippen molar-refractivity contribution >= 4 is 22.9 Å². The summed E-state index contributed by atoms with van der Waals surface area (Å²) in [6.07, 6.45) is 4.15. The van der Waals surface area contributed by atoms with Gasteiger partial charge in [-0.1, -0.05) is 26.0 Å². The fourth-order valence-electron chi connectivity index (χ4n) is 5.88. The van der Waals surface area contributed by atoms with Crippen molar-refractivity contribution < 1.29 is 14.3 Å². The molecule has 0 atom stereocenters. The number of likely N-dealkylation sites (tertiary alicyclic amines) is 1. The SMILES string of the molecule is C/N=C\c1ccc2c3c([nH]c2c1)C(C)(C)c1cc(OCC2CCN(C4COC4)CC2)ccc1C3=O. The molecule has 1 aliphatic carbocycles. The Bertz CT molecular complexity index is 1310. The number of aromatic amines is 1. The number of fused-ring (bicyclic) bond motifs is 4. The number of rotatable bonds is 5. The third kappa shape index (κ3) is 3.80. The number of nitrogens with one attached hydrogen (secondary N) is 1. The topological polar surface area (TPSA) is 66.9 Å². The lowest BCUT2D eigenvalue weighted by molar-refractivity contribution is -0.0750. The summed E-state index contributed by atoms with van der Waals surface area (Å²) in [5.74, 6) is 1.50. The van der Waals surface area contributed by atoms with Gasteiger partial charge in [-0.3, -0.25) is 14.7 Å². The first-order chi connectivity index (χ1) is 17.0. The highest BCUT2D eigenvalue weighted by atomic mass is 16.5. The van der Waals surface area contributed by atoms with E-state index >= 15 is 0 Å². The Hall–Kier alpha value is -2.96. The molecule has 0 unspecified atom stereocenters. The molecule has 3 heterocycles. The third-order valence-electron chi connectivity index (χ3n) is 8.13. The van der Waals surface area contributed by atoms with E-state index in [9.17, 15) is 4.79 Å². The Kier molecular flexibility index (Phi) is 5.53. The first-order valence-corrected chi connectivity index (χ1v) is 12.7. The summed E-state index contributed by atoms with van der Waals surface area (Å²) in [4.78, 5) is 23.9. The third-order valence-corrected chi connectivity index (χ3v) is 8.13. The average Bonchev–Trinajstić information content (AvgIpc) is 3.22. The maximum absolute atomic E-state index is 13.6. The van der Waals surface area contributed by atoms with E-state index in [0.29, 0.717) is 12.0 Å². The van der Waals surface area contributed by atoms with Crippen LogP contribution in [-0.4, -0.2) is 67.9 Å². The number of ketones is 1. The number of H-pyrrole nitrogens is 1. The van der Waals surface area contributed by atoms with Crippen LogP contribution in [0.25, 0.3) is 10.9 Å². The van der Waals surface area contributed by atoms with Gasteiger partial charge in [0.15, 0.2) is 5.78 Å². The van der Waals surface area contributed by atoms with E-state index in [4.69, 9.17) is 9.47 Å². The fourth-order valence-corrected chi connectivity index (χ4v) is 5.88. The van der Waals surface area contributed by atoms with E-state index in [2.05, 4.69) is 40.9 Å². The molecule has 35 heavy (non-hydrogen) atoms. The molecule has 6 heteroatoms. The van der Waals surface area contributed by atoms with Crippen LogP contribution in [0.3, 0.4) is 0 Å². The molecule has 1 aromatic heterocycles. The van der Waals surface area contributed by atoms with Crippen molar-refractivity contribution in [2.24, 2.45) is 10.9 Å². The summed E-state index contributed by atoms with van der Waals surface area (Å²) >= 11 is 0.